The molecule has 0 saturated carbocycles. The van der Waals surface area contributed by atoms with Gasteiger partial charge in [-0.25, -0.2) is 0 Å². The van der Waals surface area contributed by atoms with E-state index in [9.17, 15) is 9.59 Å². The molecule has 6 heteroatoms. The van der Waals surface area contributed by atoms with Gasteiger partial charge in [0.1, 0.15) is 5.82 Å². The zero-order valence-electron chi connectivity index (χ0n) is 13.0. The van der Waals surface area contributed by atoms with Crippen molar-refractivity contribution in [1.82, 2.24) is 9.78 Å². The Morgan fingerprint density at radius 3 is 2.52 bits per heavy atom. The third kappa shape index (κ3) is 3.11. The number of benzene rings is 1. The highest BCUT2D eigenvalue weighted by atomic mass is 16.4. The van der Waals surface area contributed by atoms with Gasteiger partial charge in [-0.2, -0.15) is 4.68 Å². The number of nitrogens with zero attached hydrogens (tertiary/aromatic N) is 3. The molecule has 0 spiro atoms. The molecule has 0 aliphatic carbocycles. The monoisotopic (exact) mass is 313 g/mol. The van der Waals surface area contributed by atoms with Crippen LogP contribution in [0.15, 0.2) is 41.2 Å². The van der Waals surface area contributed by atoms with Crippen molar-refractivity contribution >= 4 is 11.8 Å². The van der Waals surface area contributed by atoms with Crippen LogP contribution in [0, 0.1) is 12.8 Å². The van der Waals surface area contributed by atoms with E-state index in [0.29, 0.717) is 31.7 Å². The minimum absolute atomic E-state index is 0.177. The Balaban J connectivity index is 1.89. The van der Waals surface area contributed by atoms with E-state index in [1.165, 1.54) is 10.7 Å². The van der Waals surface area contributed by atoms with Gasteiger partial charge in [0, 0.05) is 19.2 Å². The molecule has 1 aromatic carbocycles. The fraction of sp³-hybridized carbons (Fsp3) is 0.353. The van der Waals surface area contributed by atoms with Crippen LogP contribution in [-0.4, -0.2) is 33.9 Å². The quantitative estimate of drug-likeness (QED) is 0.936. The lowest BCUT2D eigenvalue weighted by Crippen LogP contribution is -2.37. The van der Waals surface area contributed by atoms with Gasteiger partial charge in [-0.3, -0.25) is 9.59 Å². The van der Waals surface area contributed by atoms with Crippen LogP contribution in [0.2, 0.25) is 0 Å². The molecule has 1 aromatic heterocycles. The zero-order valence-corrected chi connectivity index (χ0v) is 13.0. The number of piperidine rings is 1. The van der Waals surface area contributed by atoms with Crippen molar-refractivity contribution in [2.24, 2.45) is 5.92 Å². The maximum absolute atomic E-state index is 12.2. The smallest absolute Gasteiger partial charge is 0.306 e. The Bertz CT molecular complexity index is 777. The molecule has 23 heavy (non-hydrogen) atoms. The first-order valence-corrected chi connectivity index (χ1v) is 7.70. The molecule has 1 N–H and O–H groups in total. The van der Waals surface area contributed by atoms with Gasteiger partial charge in [0.25, 0.3) is 5.56 Å². The third-order valence-corrected chi connectivity index (χ3v) is 4.30. The van der Waals surface area contributed by atoms with E-state index in [4.69, 9.17) is 5.11 Å². The number of para-hydroxylation sites is 1. The minimum Gasteiger partial charge on any atom is -0.481 e. The minimum atomic E-state index is -0.734. The SMILES string of the molecule is Cc1ccccc1-n1nc(N2CCC(C(=O)O)CC2)ccc1=O. The fourth-order valence-electron chi connectivity index (χ4n) is 2.90. The first-order chi connectivity index (χ1) is 11.1. The number of carbonyl (C=O) groups is 1. The second-order valence-electron chi connectivity index (χ2n) is 5.83. The first-order valence-electron chi connectivity index (χ1n) is 7.70. The maximum Gasteiger partial charge on any atom is 0.306 e. The average molecular weight is 313 g/mol. The van der Waals surface area contributed by atoms with Gasteiger partial charge >= 0.3 is 5.97 Å². The molecule has 0 unspecified atom stereocenters. The summed E-state index contributed by atoms with van der Waals surface area (Å²) in [7, 11) is 0. The molecular formula is C17H19N3O3. The summed E-state index contributed by atoms with van der Waals surface area (Å²) in [5.74, 6) is -0.312. The number of carboxylic acid groups (broad SMARTS) is 1. The number of anilines is 1. The van der Waals surface area contributed by atoms with Crippen LogP contribution in [0.1, 0.15) is 18.4 Å². The van der Waals surface area contributed by atoms with Crippen molar-refractivity contribution in [1.29, 1.82) is 0 Å². The Kier molecular flexibility index (Phi) is 4.14. The largest absolute Gasteiger partial charge is 0.481 e. The number of aliphatic carboxylic acids is 1. The molecule has 3 rings (SSSR count). The van der Waals surface area contributed by atoms with Crippen molar-refractivity contribution in [3.63, 3.8) is 0 Å². The third-order valence-electron chi connectivity index (χ3n) is 4.30. The van der Waals surface area contributed by atoms with E-state index in [0.717, 1.165) is 11.3 Å². The molecule has 6 nitrogen and oxygen atoms in total. The highest BCUT2D eigenvalue weighted by molar-refractivity contribution is 5.70. The van der Waals surface area contributed by atoms with E-state index in [-0.39, 0.29) is 11.5 Å². The Morgan fingerprint density at radius 1 is 1.17 bits per heavy atom. The standard InChI is InChI=1S/C17H19N3O3/c1-12-4-2-3-5-14(12)20-16(21)7-6-15(18-20)19-10-8-13(9-11-19)17(22)23/h2-7,13H,8-11H2,1H3,(H,22,23). The summed E-state index contributed by atoms with van der Waals surface area (Å²) in [5.41, 5.74) is 1.56. The molecular weight excluding hydrogens is 294 g/mol. The first kappa shape index (κ1) is 15.3. The van der Waals surface area contributed by atoms with Crippen LogP contribution in [0.25, 0.3) is 5.69 Å². The van der Waals surface area contributed by atoms with Gasteiger partial charge in [-0.1, -0.05) is 18.2 Å². The van der Waals surface area contributed by atoms with E-state index >= 15 is 0 Å². The topological polar surface area (TPSA) is 75.4 Å². The summed E-state index contributed by atoms with van der Waals surface area (Å²) >= 11 is 0. The molecule has 2 aromatic rings. The predicted octanol–water partition coefficient (Wildman–Crippen LogP) is 1.84. The van der Waals surface area contributed by atoms with Crippen molar-refractivity contribution in [2.45, 2.75) is 19.8 Å². The summed E-state index contributed by atoms with van der Waals surface area (Å²) < 4.78 is 1.41. The lowest BCUT2D eigenvalue weighted by molar-refractivity contribution is -0.142. The van der Waals surface area contributed by atoms with E-state index in [2.05, 4.69) is 5.10 Å². The summed E-state index contributed by atoms with van der Waals surface area (Å²) in [5, 5.41) is 13.6. The normalized spacial score (nSPS) is 15.6. The van der Waals surface area contributed by atoms with Crippen LogP contribution in [-0.2, 0) is 4.79 Å². The molecule has 1 aliphatic rings. The van der Waals surface area contributed by atoms with Crippen LogP contribution in [0.3, 0.4) is 0 Å². The van der Waals surface area contributed by atoms with Gasteiger partial charge in [-0.05, 0) is 37.5 Å². The maximum atomic E-state index is 12.2. The molecule has 0 bridgehead atoms. The zero-order chi connectivity index (χ0) is 16.4. The highest BCUT2D eigenvalue weighted by Gasteiger charge is 2.25. The second-order valence-corrected chi connectivity index (χ2v) is 5.83. The number of hydrogen-bond acceptors (Lipinski definition) is 4. The van der Waals surface area contributed by atoms with Gasteiger partial charge in [-0.15, -0.1) is 5.10 Å². The second kappa shape index (κ2) is 6.24. The molecule has 2 heterocycles. The highest BCUT2D eigenvalue weighted by Crippen LogP contribution is 2.21. The fourth-order valence-corrected chi connectivity index (χ4v) is 2.90. The van der Waals surface area contributed by atoms with Gasteiger partial charge in [0.05, 0.1) is 11.6 Å². The van der Waals surface area contributed by atoms with Crippen molar-refractivity contribution < 1.29 is 9.90 Å². The van der Waals surface area contributed by atoms with Crippen LogP contribution in [0.5, 0.6) is 0 Å². The predicted molar refractivity (Wildman–Crippen MR) is 87.1 cm³/mol. The molecule has 1 fully saturated rings. The number of hydrogen-bond donors (Lipinski definition) is 1. The number of aromatic nitrogens is 2. The van der Waals surface area contributed by atoms with E-state index < -0.39 is 5.97 Å². The summed E-state index contributed by atoms with van der Waals surface area (Å²) in [6.07, 6.45) is 1.20. The summed E-state index contributed by atoms with van der Waals surface area (Å²) in [6, 6.07) is 10.8. The van der Waals surface area contributed by atoms with Gasteiger partial charge in [0.2, 0.25) is 0 Å². The Labute approximate surface area is 134 Å². The Morgan fingerprint density at radius 2 is 1.87 bits per heavy atom. The molecule has 0 radical (unpaired) electrons. The number of rotatable bonds is 3. The van der Waals surface area contributed by atoms with E-state index in [1.54, 1.807) is 6.07 Å². The van der Waals surface area contributed by atoms with Crippen LogP contribution < -0.4 is 10.5 Å². The molecule has 1 aliphatic heterocycles. The van der Waals surface area contributed by atoms with Crippen LogP contribution >= 0.6 is 0 Å². The molecule has 120 valence electrons. The lowest BCUT2D eigenvalue weighted by Gasteiger charge is -2.31. The molecule has 1 saturated heterocycles. The van der Waals surface area contributed by atoms with E-state index in [1.807, 2.05) is 36.1 Å². The van der Waals surface area contributed by atoms with Crippen molar-refractivity contribution in [3.8, 4) is 5.69 Å². The van der Waals surface area contributed by atoms with Crippen molar-refractivity contribution in [2.75, 3.05) is 18.0 Å². The van der Waals surface area contributed by atoms with Crippen LogP contribution in [0.4, 0.5) is 5.82 Å². The average Bonchev–Trinajstić information content (AvgIpc) is 2.56. The Hall–Kier alpha value is -2.63. The lowest BCUT2D eigenvalue weighted by atomic mass is 9.97. The molecule has 0 amide bonds. The summed E-state index contributed by atoms with van der Waals surface area (Å²) in [6.45, 7) is 3.21. The molecule has 0 atom stereocenters. The van der Waals surface area contributed by atoms with Crippen molar-refractivity contribution in [3.05, 3.63) is 52.3 Å². The number of carboxylic acids is 1. The summed E-state index contributed by atoms with van der Waals surface area (Å²) in [4.78, 5) is 25.2. The van der Waals surface area contributed by atoms with Gasteiger partial charge in [0.15, 0.2) is 0 Å². The van der Waals surface area contributed by atoms with Gasteiger partial charge < -0.3 is 10.0 Å². The number of aryl methyl sites for hydroxylation is 1.